The number of aromatic nitrogens is 3. The molecule has 2 aromatic rings. The smallest absolute Gasteiger partial charge is 0.377 e. The molecule has 0 saturated carbocycles. The first kappa shape index (κ1) is 22.4. The largest absolute Gasteiger partial charge is 0.409 e. The fraction of sp³-hybridized carbons (Fsp3) is 0.526. The van der Waals surface area contributed by atoms with Gasteiger partial charge < -0.3 is 9.64 Å². The van der Waals surface area contributed by atoms with Crippen molar-refractivity contribution in [3.63, 3.8) is 0 Å². The molecular weight excluding hydrogens is 444 g/mol. The molecule has 7 nitrogen and oxygen atoms in total. The first-order valence-corrected chi connectivity index (χ1v) is 9.84. The molecule has 4 rings (SSSR count). The predicted octanol–water partition coefficient (Wildman–Crippen LogP) is 3.41. The number of hydrogen-bond donors (Lipinski definition) is 0. The fourth-order valence-corrected chi connectivity index (χ4v) is 3.92. The third kappa shape index (κ3) is 3.89. The van der Waals surface area contributed by atoms with Crippen molar-refractivity contribution in [2.45, 2.75) is 44.6 Å². The van der Waals surface area contributed by atoms with Gasteiger partial charge in [-0.05, 0) is 25.5 Å². The molecule has 2 aromatic heterocycles. The first-order valence-electron chi connectivity index (χ1n) is 9.84. The van der Waals surface area contributed by atoms with E-state index in [1.54, 1.807) is 6.92 Å². The normalized spacial score (nSPS) is 21.8. The van der Waals surface area contributed by atoms with Gasteiger partial charge in [0.15, 0.2) is 5.82 Å². The zero-order valence-corrected chi connectivity index (χ0v) is 16.8. The van der Waals surface area contributed by atoms with E-state index in [0.717, 1.165) is 22.9 Å². The van der Waals surface area contributed by atoms with E-state index >= 15 is 0 Å². The summed E-state index contributed by atoms with van der Waals surface area (Å²) in [5.41, 5.74) is -1.90. The third-order valence-electron chi connectivity index (χ3n) is 5.52. The molecule has 0 aromatic carbocycles. The highest BCUT2D eigenvalue weighted by atomic mass is 19.4. The van der Waals surface area contributed by atoms with Crippen LogP contribution in [-0.4, -0.2) is 52.6 Å². The molecule has 174 valence electrons. The van der Waals surface area contributed by atoms with Crippen molar-refractivity contribution in [3.8, 4) is 0 Å². The van der Waals surface area contributed by atoms with Crippen LogP contribution in [0.15, 0.2) is 23.1 Å². The minimum atomic E-state index is -4.73. The lowest BCUT2D eigenvalue weighted by Gasteiger charge is -2.40. The van der Waals surface area contributed by atoms with E-state index in [4.69, 9.17) is 4.74 Å². The number of morpholine rings is 1. The highest BCUT2D eigenvalue weighted by molar-refractivity contribution is 5.61. The fourth-order valence-electron chi connectivity index (χ4n) is 3.92. The summed E-state index contributed by atoms with van der Waals surface area (Å²) >= 11 is 0. The van der Waals surface area contributed by atoms with Crippen LogP contribution in [0.3, 0.4) is 0 Å². The number of ether oxygens (including phenoxy) is 1. The molecule has 4 heterocycles. The van der Waals surface area contributed by atoms with Gasteiger partial charge in [0.05, 0.1) is 31.1 Å². The van der Waals surface area contributed by atoms with Gasteiger partial charge in [-0.25, -0.2) is 8.78 Å². The first-order chi connectivity index (χ1) is 15.1. The van der Waals surface area contributed by atoms with Crippen molar-refractivity contribution in [1.29, 1.82) is 0 Å². The molecule has 0 bridgehead atoms. The Morgan fingerprint density at radius 2 is 1.97 bits per heavy atom. The molecule has 0 spiro atoms. The summed E-state index contributed by atoms with van der Waals surface area (Å²) in [6.45, 7) is 1.97. The Morgan fingerprint density at radius 1 is 1.22 bits per heavy atom. The van der Waals surface area contributed by atoms with Crippen molar-refractivity contribution in [3.05, 3.63) is 40.2 Å². The molecule has 2 aliphatic heterocycles. The van der Waals surface area contributed by atoms with Crippen LogP contribution < -0.4 is 15.4 Å². The van der Waals surface area contributed by atoms with E-state index in [1.807, 2.05) is 0 Å². The van der Waals surface area contributed by atoms with Gasteiger partial charge in [-0.15, -0.1) is 0 Å². The summed E-state index contributed by atoms with van der Waals surface area (Å²) in [5, 5.41) is 0. The van der Waals surface area contributed by atoms with Crippen LogP contribution in [0.2, 0.25) is 0 Å². The number of fused-ring (bicyclic) bond motifs is 1. The molecule has 0 amide bonds. The van der Waals surface area contributed by atoms with Crippen LogP contribution in [0.1, 0.15) is 25.5 Å². The van der Waals surface area contributed by atoms with E-state index in [0.29, 0.717) is 4.90 Å². The highest BCUT2D eigenvalue weighted by Gasteiger charge is 2.48. The number of rotatable bonds is 3. The molecule has 0 aliphatic carbocycles. The Morgan fingerprint density at radius 3 is 2.56 bits per heavy atom. The number of halogens is 6. The summed E-state index contributed by atoms with van der Waals surface area (Å²) in [4.78, 5) is 22.6. The standard InChI is InChI=1S/C19H19F6N5O2/c1-10-9-32-7-6-28(10)16-14(20)17(31)29-5-4-13(19(23,24)25)30(18(29)27-16)11-2-3-12(15(21)22)26-8-11/h2-3,8,10,13,15H,4-7,9H2,1H3/t10-,13+/m1/s1. The summed E-state index contributed by atoms with van der Waals surface area (Å²) in [6.07, 6.45) is -7.32. The predicted molar refractivity (Wildman–Crippen MR) is 102 cm³/mol. The SMILES string of the molecule is C[C@@H]1COCCN1c1nc2n(c(=O)c1F)CC[C@@H](C(F)(F)F)N2c1ccc(C(F)F)nc1. The molecule has 1 saturated heterocycles. The number of pyridine rings is 1. The van der Waals surface area contributed by atoms with Crippen LogP contribution in [-0.2, 0) is 11.3 Å². The zero-order chi connectivity index (χ0) is 23.2. The second kappa shape index (κ2) is 8.26. The zero-order valence-electron chi connectivity index (χ0n) is 16.8. The molecular formula is C19H19F6N5O2. The minimum Gasteiger partial charge on any atom is -0.377 e. The van der Waals surface area contributed by atoms with Crippen molar-refractivity contribution in [1.82, 2.24) is 14.5 Å². The lowest BCUT2D eigenvalue weighted by Crippen LogP contribution is -2.51. The van der Waals surface area contributed by atoms with E-state index in [9.17, 15) is 31.1 Å². The number of nitrogens with zero attached hydrogens (tertiary/aromatic N) is 5. The van der Waals surface area contributed by atoms with Crippen LogP contribution in [0.5, 0.6) is 0 Å². The van der Waals surface area contributed by atoms with Gasteiger partial charge in [-0.2, -0.15) is 22.5 Å². The number of hydrogen-bond acceptors (Lipinski definition) is 6. The second-order valence-corrected chi connectivity index (χ2v) is 7.58. The van der Waals surface area contributed by atoms with Crippen LogP contribution >= 0.6 is 0 Å². The number of anilines is 3. The quantitative estimate of drug-likeness (QED) is 0.651. The van der Waals surface area contributed by atoms with Crippen LogP contribution in [0, 0.1) is 5.82 Å². The van der Waals surface area contributed by atoms with Gasteiger partial charge in [0, 0.05) is 13.1 Å². The van der Waals surface area contributed by atoms with Crippen molar-refractivity contribution in [2.75, 3.05) is 29.6 Å². The molecule has 1 fully saturated rings. The number of alkyl halides is 5. The Bertz CT molecular complexity index is 1040. The Balaban J connectivity index is 1.88. The topological polar surface area (TPSA) is 63.5 Å². The lowest BCUT2D eigenvalue weighted by atomic mass is 10.1. The van der Waals surface area contributed by atoms with E-state index in [-0.39, 0.29) is 37.3 Å². The Labute approximate surface area is 178 Å². The Kier molecular flexibility index (Phi) is 5.77. The van der Waals surface area contributed by atoms with E-state index in [1.165, 1.54) is 4.90 Å². The molecule has 0 N–H and O–H groups in total. The summed E-state index contributed by atoms with van der Waals surface area (Å²) in [5.74, 6) is -1.97. The van der Waals surface area contributed by atoms with Gasteiger partial charge in [-0.3, -0.25) is 19.2 Å². The molecule has 0 unspecified atom stereocenters. The van der Waals surface area contributed by atoms with Gasteiger partial charge in [0.25, 0.3) is 12.0 Å². The monoisotopic (exact) mass is 463 g/mol. The van der Waals surface area contributed by atoms with E-state index in [2.05, 4.69) is 9.97 Å². The third-order valence-corrected chi connectivity index (χ3v) is 5.52. The van der Waals surface area contributed by atoms with Crippen LogP contribution in [0.25, 0.3) is 0 Å². The maximum atomic E-state index is 14.9. The van der Waals surface area contributed by atoms with Gasteiger partial charge in [-0.1, -0.05) is 0 Å². The molecule has 0 radical (unpaired) electrons. The van der Waals surface area contributed by atoms with Crippen molar-refractivity contribution < 1.29 is 31.1 Å². The minimum absolute atomic E-state index is 0.190. The maximum absolute atomic E-state index is 14.9. The summed E-state index contributed by atoms with van der Waals surface area (Å²) in [6, 6.07) is -0.515. The van der Waals surface area contributed by atoms with Gasteiger partial charge in [0.1, 0.15) is 11.7 Å². The molecule has 32 heavy (non-hydrogen) atoms. The maximum Gasteiger partial charge on any atom is 0.409 e. The average Bonchev–Trinajstić information content (AvgIpc) is 2.75. The van der Waals surface area contributed by atoms with Gasteiger partial charge in [0.2, 0.25) is 11.8 Å². The highest BCUT2D eigenvalue weighted by Crippen LogP contribution is 2.39. The summed E-state index contributed by atoms with van der Waals surface area (Å²) < 4.78 is 88.4. The molecule has 2 aliphatic rings. The average molecular weight is 463 g/mol. The van der Waals surface area contributed by atoms with E-state index < -0.39 is 54.6 Å². The van der Waals surface area contributed by atoms with Crippen molar-refractivity contribution in [2.24, 2.45) is 0 Å². The van der Waals surface area contributed by atoms with Crippen LogP contribution in [0.4, 0.5) is 43.8 Å². The molecule has 13 heteroatoms. The van der Waals surface area contributed by atoms with Crippen molar-refractivity contribution >= 4 is 17.5 Å². The summed E-state index contributed by atoms with van der Waals surface area (Å²) in [7, 11) is 0. The molecule has 2 atom stereocenters. The van der Waals surface area contributed by atoms with Gasteiger partial charge >= 0.3 is 6.18 Å². The second-order valence-electron chi connectivity index (χ2n) is 7.58. The Hall–Kier alpha value is -2.83. The lowest BCUT2D eigenvalue weighted by molar-refractivity contribution is -0.150.